The van der Waals surface area contributed by atoms with E-state index in [0.29, 0.717) is 17.0 Å². The van der Waals surface area contributed by atoms with Gasteiger partial charge in [0.25, 0.3) is 0 Å². The van der Waals surface area contributed by atoms with Crippen LogP contribution in [0.1, 0.15) is 11.1 Å². The molecule has 2 aromatic rings. The van der Waals surface area contributed by atoms with E-state index in [-0.39, 0.29) is 6.61 Å². The van der Waals surface area contributed by atoms with Crippen molar-refractivity contribution in [3.05, 3.63) is 58.1 Å². The maximum absolute atomic E-state index is 12.4. The van der Waals surface area contributed by atoms with Crippen LogP contribution in [0.2, 0.25) is 0 Å². The Bertz CT molecular complexity index is 596. The minimum Gasteiger partial charge on any atom is -0.487 e. The minimum atomic E-state index is -4.32. The Morgan fingerprint density at radius 3 is 2.25 bits per heavy atom. The van der Waals surface area contributed by atoms with Crippen molar-refractivity contribution in [1.29, 1.82) is 0 Å². The lowest BCUT2D eigenvalue weighted by Crippen LogP contribution is -2.05. The molecule has 0 saturated heterocycles. The smallest absolute Gasteiger partial charge is 0.416 e. The van der Waals surface area contributed by atoms with Gasteiger partial charge in [-0.1, -0.05) is 28.1 Å². The number of anilines is 1. The van der Waals surface area contributed by atoms with Gasteiger partial charge in [0, 0.05) is 4.47 Å². The van der Waals surface area contributed by atoms with Gasteiger partial charge in [0.15, 0.2) is 0 Å². The fourth-order valence-electron chi connectivity index (χ4n) is 1.60. The number of alkyl halides is 3. The van der Waals surface area contributed by atoms with Crippen LogP contribution in [-0.2, 0) is 12.8 Å². The summed E-state index contributed by atoms with van der Waals surface area (Å²) < 4.78 is 43.5. The molecule has 2 aromatic carbocycles. The first-order valence-electron chi connectivity index (χ1n) is 5.70. The third kappa shape index (κ3) is 3.66. The van der Waals surface area contributed by atoms with Crippen molar-refractivity contribution in [2.24, 2.45) is 0 Å². The summed E-state index contributed by atoms with van der Waals surface area (Å²) in [4.78, 5) is 0. The molecule has 0 unspecified atom stereocenters. The highest BCUT2D eigenvalue weighted by Gasteiger charge is 2.29. The topological polar surface area (TPSA) is 35.2 Å². The number of nitrogens with two attached hydrogens (primary N) is 1. The Morgan fingerprint density at radius 1 is 1.05 bits per heavy atom. The SMILES string of the molecule is Nc1cc(Br)ccc1OCc1ccc(C(F)(F)F)cc1. The Morgan fingerprint density at radius 2 is 1.70 bits per heavy atom. The van der Waals surface area contributed by atoms with E-state index < -0.39 is 11.7 Å². The molecule has 0 aliphatic rings. The first-order valence-corrected chi connectivity index (χ1v) is 6.49. The van der Waals surface area contributed by atoms with Gasteiger partial charge < -0.3 is 10.5 Å². The van der Waals surface area contributed by atoms with Crippen molar-refractivity contribution in [3.63, 3.8) is 0 Å². The second-order valence-electron chi connectivity index (χ2n) is 4.17. The molecule has 2 rings (SSSR count). The molecule has 20 heavy (non-hydrogen) atoms. The summed E-state index contributed by atoms with van der Waals surface area (Å²) in [5.41, 5.74) is 6.19. The second kappa shape index (κ2) is 5.75. The molecule has 106 valence electrons. The zero-order chi connectivity index (χ0) is 14.8. The van der Waals surface area contributed by atoms with Gasteiger partial charge in [-0.3, -0.25) is 0 Å². The summed E-state index contributed by atoms with van der Waals surface area (Å²) in [6.45, 7) is 0.157. The lowest BCUT2D eigenvalue weighted by molar-refractivity contribution is -0.137. The summed E-state index contributed by atoms with van der Waals surface area (Å²) in [5, 5.41) is 0. The summed E-state index contributed by atoms with van der Waals surface area (Å²) in [5.74, 6) is 0.494. The average Bonchev–Trinajstić information content (AvgIpc) is 2.37. The third-order valence-corrected chi connectivity index (χ3v) is 3.14. The first-order chi connectivity index (χ1) is 9.36. The Balaban J connectivity index is 2.04. The molecule has 0 heterocycles. The van der Waals surface area contributed by atoms with E-state index in [0.717, 1.165) is 16.6 Å². The molecule has 0 bridgehead atoms. The van der Waals surface area contributed by atoms with E-state index in [2.05, 4.69) is 15.9 Å². The lowest BCUT2D eigenvalue weighted by atomic mass is 10.1. The highest BCUT2D eigenvalue weighted by Crippen LogP contribution is 2.30. The monoisotopic (exact) mass is 345 g/mol. The first kappa shape index (κ1) is 14.7. The maximum Gasteiger partial charge on any atom is 0.416 e. The summed E-state index contributed by atoms with van der Waals surface area (Å²) in [6, 6.07) is 10.0. The molecule has 0 atom stereocenters. The normalized spacial score (nSPS) is 11.4. The second-order valence-corrected chi connectivity index (χ2v) is 5.08. The predicted octanol–water partition coefficient (Wildman–Crippen LogP) is 4.63. The van der Waals surface area contributed by atoms with Crippen LogP contribution in [0.25, 0.3) is 0 Å². The van der Waals surface area contributed by atoms with Crippen LogP contribution in [0, 0.1) is 0 Å². The average molecular weight is 346 g/mol. The van der Waals surface area contributed by atoms with Gasteiger partial charge in [-0.05, 0) is 35.9 Å². The summed E-state index contributed by atoms with van der Waals surface area (Å²) >= 11 is 3.28. The molecule has 0 aromatic heterocycles. The van der Waals surface area contributed by atoms with Gasteiger partial charge in [-0.15, -0.1) is 0 Å². The number of hydrogen-bond donors (Lipinski definition) is 1. The quantitative estimate of drug-likeness (QED) is 0.823. The molecule has 0 aliphatic carbocycles. The van der Waals surface area contributed by atoms with Crippen molar-refractivity contribution < 1.29 is 17.9 Å². The summed E-state index contributed by atoms with van der Waals surface area (Å²) in [7, 11) is 0. The van der Waals surface area contributed by atoms with E-state index in [4.69, 9.17) is 10.5 Å². The van der Waals surface area contributed by atoms with Crippen molar-refractivity contribution >= 4 is 21.6 Å². The van der Waals surface area contributed by atoms with E-state index in [1.165, 1.54) is 12.1 Å². The molecule has 0 radical (unpaired) electrons. The van der Waals surface area contributed by atoms with Gasteiger partial charge >= 0.3 is 6.18 Å². The largest absolute Gasteiger partial charge is 0.487 e. The Hall–Kier alpha value is -1.69. The molecule has 0 amide bonds. The number of hydrogen-bond acceptors (Lipinski definition) is 2. The predicted molar refractivity (Wildman–Crippen MR) is 74.3 cm³/mol. The number of halogens is 4. The van der Waals surface area contributed by atoms with Crippen LogP contribution in [0.15, 0.2) is 46.9 Å². The fourth-order valence-corrected chi connectivity index (χ4v) is 1.98. The molecular formula is C14H11BrF3NO. The zero-order valence-electron chi connectivity index (χ0n) is 10.2. The van der Waals surface area contributed by atoms with Crippen molar-refractivity contribution in [2.75, 3.05) is 5.73 Å². The fraction of sp³-hybridized carbons (Fsp3) is 0.143. The highest BCUT2D eigenvalue weighted by molar-refractivity contribution is 9.10. The van der Waals surface area contributed by atoms with Gasteiger partial charge in [0.2, 0.25) is 0 Å². The number of ether oxygens (including phenoxy) is 1. The van der Waals surface area contributed by atoms with Gasteiger partial charge in [0.05, 0.1) is 11.3 Å². The number of benzene rings is 2. The Labute approximate surface area is 122 Å². The van der Waals surface area contributed by atoms with E-state index in [1.54, 1.807) is 18.2 Å². The lowest BCUT2D eigenvalue weighted by Gasteiger charge is -2.10. The van der Waals surface area contributed by atoms with Crippen molar-refractivity contribution in [3.8, 4) is 5.75 Å². The number of rotatable bonds is 3. The molecule has 0 spiro atoms. The van der Waals surface area contributed by atoms with Crippen molar-refractivity contribution in [1.82, 2.24) is 0 Å². The number of nitrogen functional groups attached to an aromatic ring is 1. The zero-order valence-corrected chi connectivity index (χ0v) is 11.8. The molecule has 0 fully saturated rings. The third-order valence-electron chi connectivity index (χ3n) is 2.65. The van der Waals surface area contributed by atoms with Gasteiger partial charge in [-0.25, -0.2) is 0 Å². The molecular weight excluding hydrogens is 335 g/mol. The van der Waals surface area contributed by atoms with Gasteiger partial charge in [0.1, 0.15) is 12.4 Å². The van der Waals surface area contributed by atoms with E-state index in [9.17, 15) is 13.2 Å². The van der Waals surface area contributed by atoms with Crippen LogP contribution >= 0.6 is 15.9 Å². The maximum atomic E-state index is 12.4. The van der Waals surface area contributed by atoms with Crippen LogP contribution in [0.3, 0.4) is 0 Å². The Kier molecular flexibility index (Phi) is 4.23. The van der Waals surface area contributed by atoms with Crippen LogP contribution in [0.4, 0.5) is 18.9 Å². The van der Waals surface area contributed by atoms with E-state index >= 15 is 0 Å². The van der Waals surface area contributed by atoms with E-state index in [1.807, 2.05) is 0 Å². The van der Waals surface area contributed by atoms with Crippen molar-refractivity contribution in [2.45, 2.75) is 12.8 Å². The van der Waals surface area contributed by atoms with Crippen LogP contribution in [0.5, 0.6) is 5.75 Å². The minimum absolute atomic E-state index is 0.157. The summed E-state index contributed by atoms with van der Waals surface area (Å²) in [6.07, 6.45) is -4.32. The molecule has 6 heteroatoms. The standard InChI is InChI=1S/C14H11BrF3NO/c15-11-5-6-13(12(19)7-11)20-8-9-1-3-10(4-2-9)14(16,17)18/h1-7H,8,19H2. The highest BCUT2D eigenvalue weighted by atomic mass is 79.9. The molecule has 0 saturated carbocycles. The van der Waals surface area contributed by atoms with Crippen LogP contribution in [-0.4, -0.2) is 0 Å². The molecule has 2 N–H and O–H groups in total. The molecule has 2 nitrogen and oxygen atoms in total. The molecule has 0 aliphatic heterocycles. The van der Waals surface area contributed by atoms with Gasteiger partial charge in [-0.2, -0.15) is 13.2 Å². The van der Waals surface area contributed by atoms with Crippen LogP contribution < -0.4 is 10.5 Å².